The fraction of sp³-hybridized carbons (Fsp3) is 0.375. The van der Waals surface area contributed by atoms with Gasteiger partial charge in [0.25, 0.3) is 0 Å². The van der Waals surface area contributed by atoms with E-state index in [1.54, 1.807) is 11.3 Å². The summed E-state index contributed by atoms with van der Waals surface area (Å²) in [6.07, 6.45) is 5.40. The molecular formula is C16H19N3OS. The van der Waals surface area contributed by atoms with Crippen LogP contribution in [0.5, 0.6) is 0 Å². The molecule has 5 heteroatoms. The van der Waals surface area contributed by atoms with Crippen molar-refractivity contribution in [3.63, 3.8) is 0 Å². The molecule has 1 aromatic heterocycles. The van der Waals surface area contributed by atoms with Crippen molar-refractivity contribution in [2.24, 2.45) is 0 Å². The van der Waals surface area contributed by atoms with Crippen LogP contribution in [-0.4, -0.2) is 17.6 Å². The number of urea groups is 1. The van der Waals surface area contributed by atoms with E-state index in [9.17, 15) is 4.79 Å². The highest BCUT2D eigenvalue weighted by molar-refractivity contribution is 7.07. The molecule has 3 rings (SSSR count). The smallest absolute Gasteiger partial charge is 0.319 e. The van der Waals surface area contributed by atoms with Crippen molar-refractivity contribution in [3.8, 4) is 0 Å². The van der Waals surface area contributed by atoms with Gasteiger partial charge in [-0.1, -0.05) is 12.1 Å². The van der Waals surface area contributed by atoms with Gasteiger partial charge in [0, 0.05) is 24.0 Å². The second-order valence-electron chi connectivity index (χ2n) is 5.26. The molecule has 0 unspecified atom stereocenters. The molecule has 0 atom stereocenters. The molecule has 1 aliphatic carbocycles. The minimum absolute atomic E-state index is 0.135. The number of benzene rings is 1. The number of amides is 2. The third kappa shape index (κ3) is 3.61. The van der Waals surface area contributed by atoms with Crippen LogP contribution in [0.25, 0.3) is 0 Å². The predicted octanol–water partition coefficient (Wildman–Crippen LogP) is 3.39. The average molecular weight is 301 g/mol. The van der Waals surface area contributed by atoms with Crippen LogP contribution in [0.2, 0.25) is 0 Å². The van der Waals surface area contributed by atoms with E-state index in [1.807, 2.05) is 23.0 Å². The largest absolute Gasteiger partial charge is 0.337 e. The van der Waals surface area contributed by atoms with E-state index >= 15 is 0 Å². The van der Waals surface area contributed by atoms with Crippen molar-refractivity contribution in [1.29, 1.82) is 0 Å². The number of hydrogen-bond acceptors (Lipinski definition) is 3. The number of aromatic nitrogens is 1. The topological polar surface area (TPSA) is 54.0 Å². The van der Waals surface area contributed by atoms with Crippen LogP contribution >= 0.6 is 11.3 Å². The molecule has 110 valence electrons. The van der Waals surface area contributed by atoms with Gasteiger partial charge in [-0.25, -0.2) is 9.78 Å². The first-order valence-corrected chi connectivity index (χ1v) is 8.30. The lowest BCUT2D eigenvalue weighted by Gasteiger charge is -2.19. The summed E-state index contributed by atoms with van der Waals surface area (Å²) < 4.78 is 0. The van der Waals surface area contributed by atoms with Gasteiger partial charge in [-0.15, -0.1) is 11.3 Å². The normalized spacial score (nSPS) is 13.5. The number of carbonyl (C=O) groups excluding carboxylic acids is 1. The fourth-order valence-electron chi connectivity index (χ4n) is 2.73. The van der Waals surface area contributed by atoms with E-state index in [4.69, 9.17) is 0 Å². The number of rotatable bonds is 4. The number of fused-ring (bicyclic) bond motifs is 1. The van der Waals surface area contributed by atoms with Crippen molar-refractivity contribution in [2.45, 2.75) is 32.1 Å². The molecule has 0 saturated heterocycles. The van der Waals surface area contributed by atoms with E-state index < -0.39 is 0 Å². The number of aryl methyl sites for hydroxylation is 1. The zero-order valence-corrected chi connectivity index (χ0v) is 12.7. The Morgan fingerprint density at radius 1 is 1.29 bits per heavy atom. The molecule has 1 aliphatic rings. The summed E-state index contributed by atoms with van der Waals surface area (Å²) in [5.74, 6) is 0. The van der Waals surface area contributed by atoms with Gasteiger partial charge in [0.15, 0.2) is 0 Å². The lowest BCUT2D eigenvalue weighted by atomic mass is 9.90. The summed E-state index contributed by atoms with van der Waals surface area (Å²) in [5, 5.41) is 7.88. The second kappa shape index (κ2) is 6.72. The summed E-state index contributed by atoms with van der Waals surface area (Å²) in [4.78, 5) is 16.2. The summed E-state index contributed by atoms with van der Waals surface area (Å²) in [5.41, 5.74) is 6.47. The SMILES string of the molecule is O=C(NCCc1cscn1)Nc1cccc2c1CCCC2. The van der Waals surface area contributed by atoms with Crippen LogP contribution in [0, 0.1) is 0 Å². The number of nitrogens with zero attached hydrogens (tertiary/aromatic N) is 1. The molecular weight excluding hydrogens is 282 g/mol. The van der Waals surface area contributed by atoms with Gasteiger partial charge in [0.1, 0.15) is 0 Å². The Labute approximate surface area is 128 Å². The van der Waals surface area contributed by atoms with Gasteiger partial charge in [-0.3, -0.25) is 0 Å². The number of thiazole rings is 1. The summed E-state index contributed by atoms with van der Waals surface area (Å²) in [7, 11) is 0. The van der Waals surface area contributed by atoms with Crippen LogP contribution in [0.3, 0.4) is 0 Å². The molecule has 2 aromatic rings. The first-order chi connectivity index (χ1) is 10.3. The number of carbonyl (C=O) groups is 1. The van der Waals surface area contributed by atoms with E-state index in [0.717, 1.165) is 30.6 Å². The first-order valence-electron chi connectivity index (χ1n) is 7.35. The highest BCUT2D eigenvalue weighted by atomic mass is 32.1. The van der Waals surface area contributed by atoms with Crippen molar-refractivity contribution >= 4 is 23.1 Å². The van der Waals surface area contributed by atoms with Crippen LogP contribution < -0.4 is 10.6 Å². The molecule has 2 N–H and O–H groups in total. The zero-order valence-electron chi connectivity index (χ0n) is 11.9. The van der Waals surface area contributed by atoms with Gasteiger partial charge in [0.05, 0.1) is 11.2 Å². The summed E-state index contributed by atoms with van der Waals surface area (Å²) in [6.45, 7) is 0.602. The Balaban J connectivity index is 1.55. The molecule has 0 saturated carbocycles. The Bertz CT molecular complexity index is 610. The lowest BCUT2D eigenvalue weighted by molar-refractivity contribution is 0.252. The molecule has 0 aliphatic heterocycles. The number of hydrogen-bond donors (Lipinski definition) is 2. The van der Waals surface area contributed by atoms with E-state index in [2.05, 4.69) is 21.7 Å². The molecule has 1 aromatic carbocycles. The molecule has 2 amide bonds. The van der Waals surface area contributed by atoms with Crippen molar-refractivity contribution in [3.05, 3.63) is 45.9 Å². The Kier molecular flexibility index (Phi) is 4.50. The molecule has 21 heavy (non-hydrogen) atoms. The summed E-state index contributed by atoms with van der Waals surface area (Å²) in [6, 6.07) is 6.04. The van der Waals surface area contributed by atoms with Gasteiger partial charge >= 0.3 is 6.03 Å². The third-order valence-corrected chi connectivity index (χ3v) is 4.43. The third-order valence-electron chi connectivity index (χ3n) is 3.79. The molecule has 1 heterocycles. The van der Waals surface area contributed by atoms with Crippen molar-refractivity contribution in [2.75, 3.05) is 11.9 Å². The highest BCUT2D eigenvalue weighted by Gasteiger charge is 2.14. The summed E-state index contributed by atoms with van der Waals surface area (Å²) >= 11 is 1.58. The van der Waals surface area contributed by atoms with Crippen LogP contribution in [0.1, 0.15) is 29.7 Å². The van der Waals surface area contributed by atoms with E-state index in [-0.39, 0.29) is 6.03 Å². The highest BCUT2D eigenvalue weighted by Crippen LogP contribution is 2.27. The molecule has 4 nitrogen and oxygen atoms in total. The average Bonchev–Trinajstić information content (AvgIpc) is 3.01. The van der Waals surface area contributed by atoms with Crippen molar-refractivity contribution in [1.82, 2.24) is 10.3 Å². The Morgan fingerprint density at radius 2 is 2.19 bits per heavy atom. The van der Waals surface area contributed by atoms with Gasteiger partial charge in [-0.05, 0) is 42.9 Å². The van der Waals surface area contributed by atoms with Gasteiger partial charge in [0.2, 0.25) is 0 Å². The molecule has 0 fully saturated rings. The number of anilines is 1. The monoisotopic (exact) mass is 301 g/mol. The second-order valence-corrected chi connectivity index (χ2v) is 5.98. The molecule has 0 bridgehead atoms. The Morgan fingerprint density at radius 3 is 3.05 bits per heavy atom. The Hall–Kier alpha value is -1.88. The van der Waals surface area contributed by atoms with E-state index in [1.165, 1.54) is 24.0 Å². The minimum atomic E-state index is -0.135. The maximum Gasteiger partial charge on any atom is 0.319 e. The van der Waals surface area contributed by atoms with Crippen molar-refractivity contribution < 1.29 is 4.79 Å². The van der Waals surface area contributed by atoms with Gasteiger partial charge in [-0.2, -0.15) is 0 Å². The molecule has 0 radical (unpaired) electrons. The number of nitrogens with one attached hydrogen (secondary N) is 2. The standard InChI is InChI=1S/C16H19N3OS/c20-16(17-9-8-13-10-21-11-18-13)19-15-7-3-5-12-4-1-2-6-14(12)15/h3,5,7,10-11H,1-2,4,6,8-9H2,(H2,17,19,20). The van der Waals surface area contributed by atoms with Crippen LogP contribution in [-0.2, 0) is 19.3 Å². The fourth-order valence-corrected chi connectivity index (χ4v) is 3.32. The van der Waals surface area contributed by atoms with Crippen LogP contribution in [0.4, 0.5) is 10.5 Å². The van der Waals surface area contributed by atoms with Crippen LogP contribution in [0.15, 0.2) is 29.1 Å². The van der Waals surface area contributed by atoms with Gasteiger partial charge < -0.3 is 10.6 Å². The maximum absolute atomic E-state index is 12.0. The first kappa shape index (κ1) is 14.1. The quantitative estimate of drug-likeness (QED) is 0.909. The maximum atomic E-state index is 12.0. The predicted molar refractivity (Wildman–Crippen MR) is 85.9 cm³/mol. The minimum Gasteiger partial charge on any atom is -0.337 e. The molecule has 0 spiro atoms. The zero-order chi connectivity index (χ0) is 14.5. The van der Waals surface area contributed by atoms with E-state index in [0.29, 0.717) is 6.54 Å². The lowest BCUT2D eigenvalue weighted by Crippen LogP contribution is -2.31.